The number of ether oxygens (including phenoxy) is 1. The Morgan fingerprint density at radius 1 is 1.03 bits per heavy atom. The van der Waals surface area contributed by atoms with Crippen LogP contribution in [0.1, 0.15) is 23.7 Å². The second kappa shape index (κ2) is 9.22. The Morgan fingerprint density at radius 2 is 1.76 bits per heavy atom. The molecule has 4 rings (SSSR count). The van der Waals surface area contributed by atoms with E-state index in [1.165, 1.54) is 18.3 Å². The van der Waals surface area contributed by atoms with Gasteiger partial charge in [0.2, 0.25) is 0 Å². The summed E-state index contributed by atoms with van der Waals surface area (Å²) in [5.74, 6) is -4.27. The van der Waals surface area contributed by atoms with Crippen molar-refractivity contribution in [3.63, 3.8) is 0 Å². The highest BCUT2D eigenvalue weighted by Gasteiger charge is 2.57. The standard InChI is InChI=1S/C24H22F3N5O2/c1-3-34-19-8-5-17(6-9-19)18-7-11-22(28-13-18)24(26,27)23(33,14-32-15-29-30-31-32)20-10-4-16(2)12-21(20)25/h4-13,15,33H,3,14H2,1-2H3/t23-/m0/s1. The Labute approximate surface area is 193 Å². The molecule has 0 saturated heterocycles. The molecule has 1 atom stereocenters. The smallest absolute Gasteiger partial charge is 0.323 e. The molecule has 1 N–H and O–H groups in total. The van der Waals surface area contributed by atoms with Gasteiger partial charge in [-0.2, -0.15) is 8.78 Å². The molecule has 0 bridgehead atoms. The van der Waals surface area contributed by atoms with Gasteiger partial charge in [0.1, 0.15) is 23.6 Å². The van der Waals surface area contributed by atoms with Gasteiger partial charge in [0.25, 0.3) is 0 Å². The van der Waals surface area contributed by atoms with Crippen LogP contribution in [0, 0.1) is 12.7 Å². The van der Waals surface area contributed by atoms with Crippen molar-refractivity contribution in [3.05, 3.63) is 89.8 Å². The van der Waals surface area contributed by atoms with Crippen molar-refractivity contribution in [3.8, 4) is 16.9 Å². The number of benzene rings is 2. The van der Waals surface area contributed by atoms with Crippen molar-refractivity contribution in [2.24, 2.45) is 0 Å². The highest BCUT2D eigenvalue weighted by atomic mass is 19.3. The molecular formula is C24H22F3N5O2. The summed E-state index contributed by atoms with van der Waals surface area (Å²) in [5, 5.41) is 21.7. The largest absolute Gasteiger partial charge is 0.494 e. The van der Waals surface area contributed by atoms with E-state index in [1.807, 2.05) is 6.92 Å². The fourth-order valence-electron chi connectivity index (χ4n) is 3.67. The lowest BCUT2D eigenvalue weighted by atomic mass is 9.84. The molecule has 0 amide bonds. The van der Waals surface area contributed by atoms with E-state index < -0.39 is 35.1 Å². The Morgan fingerprint density at radius 3 is 2.35 bits per heavy atom. The lowest BCUT2D eigenvalue weighted by molar-refractivity contribution is -0.207. The number of aromatic nitrogens is 5. The number of hydrogen-bond acceptors (Lipinski definition) is 6. The number of alkyl halides is 2. The molecule has 0 aliphatic carbocycles. The van der Waals surface area contributed by atoms with E-state index in [0.717, 1.165) is 34.8 Å². The first kappa shape index (κ1) is 23.4. The van der Waals surface area contributed by atoms with Crippen molar-refractivity contribution in [2.75, 3.05) is 6.61 Å². The number of halogens is 3. The highest BCUT2D eigenvalue weighted by Crippen LogP contribution is 2.46. The van der Waals surface area contributed by atoms with Gasteiger partial charge < -0.3 is 9.84 Å². The van der Waals surface area contributed by atoms with E-state index in [4.69, 9.17) is 4.74 Å². The summed E-state index contributed by atoms with van der Waals surface area (Å²) in [7, 11) is 0. The zero-order valence-corrected chi connectivity index (χ0v) is 18.5. The summed E-state index contributed by atoms with van der Waals surface area (Å²) >= 11 is 0. The Bertz CT molecular complexity index is 1250. The lowest BCUT2D eigenvalue weighted by Crippen LogP contribution is -2.48. The van der Waals surface area contributed by atoms with E-state index in [0.29, 0.717) is 23.5 Å². The first-order chi connectivity index (χ1) is 16.2. The number of hydrogen-bond donors (Lipinski definition) is 1. The summed E-state index contributed by atoms with van der Waals surface area (Å²) < 4.78 is 52.9. The maximum Gasteiger partial charge on any atom is 0.323 e. The molecule has 2 heterocycles. The zero-order chi connectivity index (χ0) is 24.3. The number of pyridine rings is 1. The van der Waals surface area contributed by atoms with E-state index in [-0.39, 0.29) is 0 Å². The molecule has 0 radical (unpaired) electrons. The van der Waals surface area contributed by atoms with Gasteiger partial charge in [-0.3, -0.25) is 4.98 Å². The van der Waals surface area contributed by atoms with Crippen LogP contribution < -0.4 is 4.74 Å². The highest BCUT2D eigenvalue weighted by molar-refractivity contribution is 5.63. The molecular weight excluding hydrogens is 447 g/mol. The van der Waals surface area contributed by atoms with Crippen LogP contribution in [-0.2, 0) is 18.1 Å². The molecule has 0 aliphatic rings. The van der Waals surface area contributed by atoms with Crippen molar-refractivity contribution in [2.45, 2.75) is 31.9 Å². The molecule has 34 heavy (non-hydrogen) atoms. The fraction of sp³-hybridized carbons (Fsp3) is 0.250. The van der Waals surface area contributed by atoms with Crippen LogP contribution in [0.4, 0.5) is 13.2 Å². The quantitative estimate of drug-likeness (QED) is 0.415. The number of aliphatic hydroxyl groups is 1. The maximum atomic E-state index is 15.9. The maximum absolute atomic E-state index is 15.9. The normalized spacial score (nSPS) is 13.5. The summed E-state index contributed by atoms with van der Waals surface area (Å²) in [4.78, 5) is 3.93. The minimum Gasteiger partial charge on any atom is -0.494 e. The molecule has 176 valence electrons. The molecule has 0 spiro atoms. The van der Waals surface area contributed by atoms with E-state index in [9.17, 15) is 9.50 Å². The SMILES string of the molecule is CCOc1ccc(-c2ccc(C(F)(F)[C@](O)(Cn3cnnn3)c3ccc(C)cc3F)nc2)cc1. The molecule has 7 nitrogen and oxygen atoms in total. The third kappa shape index (κ3) is 4.36. The van der Waals surface area contributed by atoms with Gasteiger partial charge >= 0.3 is 5.92 Å². The van der Waals surface area contributed by atoms with Crippen molar-refractivity contribution in [1.29, 1.82) is 0 Å². The minimum atomic E-state index is -3.99. The molecule has 4 aromatic rings. The van der Waals surface area contributed by atoms with Gasteiger partial charge in [0, 0.05) is 17.3 Å². The Kier molecular flexibility index (Phi) is 6.34. The van der Waals surface area contributed by atoms with Crippen LogP contribution in [0.15, 0.2) is 67.1 Å². The molecule has 0 saturated carbocycles. The predicted molar refractivity (Wildman–Crippen MR) is 118 cm³/mol. The molecule has 2 aromatic heterocycles. The lowest BCUT2D eigenvalue weighted by Gasteiger charge is -2.35. The Hall–Kier alpha value is -3.79. The fourth-order valence-corrected chi connectivity index (χ4v) is 3.67. The van der Waals surface area contributed by atoms with Gasteiger partial charge in [-0.1, -0.05) is 30.3 Å². The van der Waals surface area contributed by atoms with Crippen LogP contribution in [0.25, 0.3) is 11.1 Å². The van der Waals surface area contributed by atoms with E-state index >= 15 is 8.78 Å². The summed E-state index contributed by atoms with van der Waals surface area (Å²) in [6.07, 6.45) is 2.34. The summed E-state index contributed by atoms with van der Waals surface area (Å²) in [6, 6.07) is 13.4. The number of aryl methyl sites for hydroxylation is 1. The van der Waals surface area contributed by atoms with Crippen LogP contribution >= 0.6 is 0 Å². The van der Waals surface area contributed by atoms with Gasteiger partial charge in [-0.25, -0.2) is 9.07 Å². The number of rotatable bonds is 8. The van der Waals surface area contributed by atoms with Crippen molar-refractivity contribution >= 4 is 0 Å². The van der Waals surface area contributed by atoms with Crippen LogP contribution in [0.3, 0.4) is 0 Å². The first-order valence-electron chi connectivity index (χ1n) is 10.5. The van der Waals surface area contributed by atoms with Crippen LogP contribution in [-0.4, -0.2) is 36.9 Å². The zero-order valence-electron chi connectivity index (χ0n) is 18.5. The van der Waals surface area contributed by atoms with E-state index in [1.54, 1.807) is 31.2 Å². The summed E-state index contributed by atoms with van der Waals surface area (Å²) in [5.41, 5.74) is -2.47. The predicted octanol–water partition coefficient (Wildman–Crippen LogP) is 4.26. The van der Waals surface area contributed by atoms with Crippen LogP contribution in [0.2, 0.25) is 0 Å². The van der Waals surface area contributed by atoms with Gasteiger partial charge in [-0.15, -0.1) is 5.10 Å². The minimum absolute atomic E-state index is 0.521. The van der Waals surface area contributed by atoms with Gasteiger partial charge in [0.05, 0.1) is 13.2 Å². The number of nitrogens with zero attached hydrogens (tertiary/aromatic N) is 5. The second-order valence-corrected chi connectivity index (χ2v) is 7.81. The third-order valence-corrected chi connectivity index (χ3v) is 5.46. The molecule has 0 fully saturated rings. The summed E-state index contributed by atoms with van der Waals surface area (Å²) in [6.45, 7) is 3.22. The van der Waals surface area contributed by atoms with Crippen LogP contribution in [0.5, 0.6) is 5.75 Å². The van der Waals surface area contributed by atoms with E-state index in [2.05, 4.69) is 20.5 Å². The van der Waals surface area contributed by atoms with Gasteiger partial charge in [0.15, 0.2) is 5.60 Å². The first-order valence-corrected chi connectivity index (χ1v) is 10.5. The van der Waals surface area contributed by atoms with Gasteiger partial charge in [-0.05, 0) is 59.7 Å². The monoisotopic (exact) mass is 469 g/mol. The molecule has 10 heteroatoms. The molecule has 0 aliphatic heterocycles. The molecule has 0 unspecified atom stereocenters. The Balaban J connectivity index is 1.72. The van der Waals surface area contributed by atoms with Crippen molar-refractivity contribution < 1.29 is 23.0 Å². The average molecular weight is 469 g/mol. The average Bonchev–Trinajstić information content (AvgIpc) is 3.32. The molecule has 2 aromatic carbocycles. The second-order valence-electron chi connectivity index (χ2n) is 7.81. The third-order valence-electron chi connectivity index (χ3n) is 5.46. The topological polar surface area (TPSA) is 86.0 Å². The number of tetrazole rings is 1. The van der Waals surface area contributed by atoms with Crippen molar-refractivity contribution in [1.82, 2.24) is 25.2 Å².